The molecule has 0 aliphatic carbocycles. The van der Waals surface area contributed by atoms with Crippen LogP contribution in [0.25, 0.3) is 11.1 Å². The molecular weight excluding hydrogens is 278 g/mol. The topological polar surface area (TPSA) is 60.8 Å². The Hall–Kier alpha value is -2.49. The monoisotopic (exact) mass is 297 g/mol. The van der Waals surface area contributed by atoms with Crippen LogP contribution >= 0.6 is 0 Å². The van der Waals surface area contributed by atoms with E-state index >= 15 is 0 Å². The summed E-state index contributed by atoms with van der Waals surface area (Å²) in [7, 11) is 1.74. The van der Waals surface area contributed by atoms with Crippen LogP contribution in [-0.2, 0) is 17.6 Å². The summed E-state index contributed by atoms with van der Waals surface area (Å²) in [5.74, 6) is 0.127. The van der Waals surface area contributed by atoms with Gasteiger partial charge in [0.15, 0.2) is 0 Å². The average Bonchev–Trinajstić information content (AvgIpc) is 2.75. The number of phenols is 2. The molecule has 0 saturated heterocycles. The van der Waals surface area contributed by atoms with Crippen LogP contribution < -0.4 is 4.90 Å². The summed E-state index contributed by atoms with van der Waals surface area (Å²) < 4.78 is 0. The Morgan fingerprint density at radius 3 is 2.50 bits per heavy atom. The Balaban J connectivity index is 2.16. The molecule has 0 radical (unpaired) electrons. The van der Waals surface area contributed by atoms with Gasteiger partial charge in [-0.3, -0.25) is 4.79 Å². The minimum Gasteiger partial charge on any atom is -0.507 e. The number of fused-ring (bicyclic) bond motifs is 1. The van der Waals surface area contributed by atoms with Gasteiger partial charge in [-0.2, -0.15) is 0 Å². The number of hydrogen-bond donors (Lipinski definition) is 2. The number of anilines is 1. The van der Waals surface area contributed by atoms with Gasteiger partial charge in [0.05, 0.1) is 12.0 Å². The third-order valence-corrected chi connectivity index (χ3v) is 4.18. The maximum atomic E-state index is 11.9. The number of carbonyl (C=O) groups is 1. The fourth-order valence-electron chi connectivity index (χ4n) is 3.09. The zero-order valence-corrected chi connectivity index (χ0v) is 12.8. The summed E-state index contributed by atoms with van der Waals surface area (Å²) in [6.45, 7) is 2.05. The Labute approximate surface area is 129 Å². The number of aromatic hydroxyl groups is 2. The van der Waals surface area contributed by atoms with Gasteiger partial charge in [-0.1, -0.05) is 25.5 Å². The molecule has 2 aromatic rings. The molecule has 114 valence electrons. The number of likely N-dealkylation sites (N-methyl/N-ethyl adjacent to an activating group) is 1. The van der Waals surface area contributed by atoms with Gasteiger partial charge in [0, 0.05) is 12.7 Å². The number of amides is 1. The molecule has 3 rings (SSSR count). The predicted molar refractivity (Wildman–Crippen MR) is 86.3 cm³/mol. The van der Waals surface area contributed by atoms with E-state index < -0.39 is 0 Å². The van der Waals surface area contributed by atoms with Gasteiger partial charge in [0.1, 0.15) is 11.5 Å². The van der Waals surface area contributed by atoms with Crippen LogP contribution in [0.1, 0.15) is 24.5 Å². The van der Waals surface area contributed by atoms with E-state index in [1.165, 1.54) is 0 Å². The second-order valence-electron chi connectivity index (χ2n) is 5.69. The van der Waals surface area contributed by atoms with Crippen molar-refractivity contribution in [3.63, 3.8) is 0 Å². The number of nitrogens with zero attached hydrogens (tertiary/aromatic N) is 1. The molecule has 1 amide bonds. The fraction of sp³-hybridized carbons (Fsp3) is 0.278. The van der Waals surface area contributed by atoms with Gasteiger partial charge >= 0.3 is 0 Å². The van der Waals surface area contributed by atoms with Crippen molar-refractivity contribution in [2.75, 3.05) is 11.9 Å². The van der Waals surface area contributed by atoms with Gasteiger partial charge < -0.3 is 15.1 Å². The van der Waals surface area contributed by atoms with E-state index in [1.54, 1.807) is 24.1 Å². The predicted octanol–water partition coefficient (Wildman–Crippen LogP) is 3.24. The van der Waals surface area contributed by atoms with Crippen LogP contribution in [0.15, 0.2) is 30.3 Å². The third-order valence-electron chi connectivity index (χ3n) is 4.18. The molecular formula is C18H19NO3. The highest BCUT2D eigenvalue weighted by Crippen LogP contribution is 2.44. The first kappa shape index (κ1) is 14.4. The molecule has 0 atom stereocenters. The number of phenolic OH excluding ortho intramolecular Hbond substituents is 2. The van der Waals surface area contributed by atoms with Gasteiger partial charge in [-0.25, -0.2) is 0 Å². The van der Waals surface area contributed by atoms with Crippen LogP contribution in [0.5, 0.6) is 11.5 Å². The molecule has 0 bridgehead atoms. The Bertz CT molecular complexity index is 729. The van der Waals surface area contributed by atoms with Crippen molar-refractivity contribution in [2.45, 2.75) is 26.2 Å². The van der Waals surface area contributed by atoms with E-state index in [4.69, 9.17) is 0 Å². The number of aryl methyl sites for hydroxylation is 1. The summed E-state index contributed by atoms with van der Waals surface area (Å²) in [4.78, 5) is 13.5. The van der Waals surface area contributed by atoms with Crippen molar-refractivity contribution >= 4 is 11.6 Å². The second-order valence-corrected chi connectivity index (χ2v) is 5.69. The first-order chi connectivity index (χ1) is 10.5. The fourth-order valence-corrected chi connectivity index (χ4v) is 3.09. The zero-order chi connectivity index (χ0) is 15.9. The third kappa shape index (κ3) is 2.21. The van der Waals surface area contributed by atoms with Crippen molar-refractivity contribution in [2.24, 2.45) is 0 Å². The lowest BCUT2D eigenvalue weighted by atomic mass is 9.94. The first-order valence-electron chi connectivity index (χ1n) is 7.46. The highest BCUT2D eigenvalue weighted by molar-refractivity contribution is 6.04. The minimum atomic E-state index is 0.0176. The Morgan fingerprint density at radius 1 is 1.18 bits per heavy atom. The molecule has 1 aliphatic rings. The number of hydrogen-bond acceptors (Lipinski definition) is 3. The van der Waals surface area contributed by atoms with Gasteiger partial charge in [0.25, 0.3) is 0 Å². The largest absolute Gasteiger partial charge is 0.507 e. The lowest BCUT2D eigenvalue weighted by Crippen LogP contribution is -2.20. The number of benzene rings is 2. The molecule has 22 heavy (non-hydrogen) atoms. The summed E-state index contributed by atoms with van der Waals surface area (Å²) in [6, 6.07) is 8.93. The summed E-state index contributed by atoms with van der Waals surface area (Å²) in [5, 5.41) is 20.7. The molecule has 0 unspecified atom stereocenters. The molecule has 1 aliphatic heterocycles. The molecule has 2 N–H and O–H groups in total. The van der Waals surface area contributed by atoms with E-state index in [0.717, 1.165) is 29.7 Å². The highest BCUT2D eigenvalue weighted by Gasteiger charge is 2.28. The van der Waals surface area contributed by atoms with Crippen LogP contribution in [0.3, 0.4) is 0 Å². The lowest BCUT2D eigenvalue weighted by Gasteiger charge is -2.14. The SMILES string of the molecule is CCCc1cc(O)c(-c2cccc3c2CC(=O)N3C)c(O)c1. The number of carbonyl (C=O) groups excluding carboxylic acids is 1. The van der Waals surface area contributed by atoms with Crippen molar-refractivity contribution in [1.29, 1.82) is 0 Å². The standard InChI is InChI=1S/C18H19NO3/c1-3-5-11-8-15(20)18(16(21)9-11)12-6-4-7-14-13(12)10-17(22)19(14)2/h4,6-9,20-21H,3,5,10H2,1-2H3. The van der Waals surface area contributed by atoms with Crippen molar-refractivity contribution in [3.05, 3.63) is 41.5 Å². The van der Waals surface area contributed by atoms with E-state index in [2.05, 4.69) is 0 Å². The van der Waals surface area contributed by atoms with E-state index in [1.807, 2.05) is 25.1 Å². The van der Waals surface area contributed by atoms with Crippen LogP contribution in [-0.4, -0.2) is 23.2 Å². The number of rotatable bonds is 3. The maximum Gasteiger partial charge on any atom is 0.231 e. The Kier molecular flexibility index (Phi) is 3.53. The smallest absolute Gasteiger partial charge is 0.231 e. The minimum absolute atomic E-state index is 0.0176. The Morgan fingerprint density at radius 2 is 1.86 bits per heavy atom. The second kappa shape index (κ2) is 5.37. The normalized spacial score (nSPS) is 13.5. The van der Waals surface area contributed by atoms with E-state index in [9.17, 15) is 15.0 Å². The average molecular weight is 297 g/mol. The first-order valence-corrected chi connectivity index (χ1v) is 7.46. The molecule has 0 spiro atoms. The van der Waals surface area contributed by atoms with Gasteiger partial charge in [-0.05, 0) is 41.3 Å². The zero-order valence-electron chi connectivity index (χ0n) is 12.8. The summed E-state index contributed by atoms with van der Waals surface area (Å²) >= 11 is 0. The quantitative estimate of drug-likeness (QED) is 0.914. The molecule has 2 aromatic carbocycles. The van der Waals surface area contributed by atoms with Crippen LogP contribution in [0.4, 0.5) is 5.69 Å². The van der Waals surface area contributed by atoms with Crippen LogP contribution in [0.2, 0.25) is 0 Å². The molecule has 0 fully saturated rings. The van der Waals surface area contributed by atoms with E-state index in [0.29, 0.717) is 11.1 Å². The molecule has 4 heteroatoms. The van der Waals surface area contributed by atoms with Crippen molar-refractivity contribution in [3.8, 4) is 22.6 Å². The van der Waals surface area contributed by atoms with Gasteiger partial charge in [0.2, 0.25) is 5.91 Å². The maximum absolute atomic E-state index is 11.9. The van der Waals surface area contributed by atoms with Crippen molar-refractivity contribution in [1.82, 2.24) is 0 Å². The highest BCUT2D eigenvalue weighted by atomic mass is 16.3. The molecule has 1 heterocycles. The summed E-state index contributed by atoms with van der Waals surface area (Å²) in [5.41, 5.74) is 3.71. The summed E-state index contributed by atoms with van der Waals surface area (Å²) in [6.07, 6.45) is 2.03. The molecule has 0 saturated carbocycles. The van der Waals surface area contributed by atoms with Crippen LogP contribution in [0, 0.1) is 0 Å². The van der Waals surface area contributed by atoms with E-state index in [-0.39, 0.29) is 23.8 Å². The van der Waals surface area contributed by atoms with Gasteiger partial charge in [-0.15, -0.1) is 0 Å². The molecule has 4 nitrogen and oxygen atoms in total. The lowest BCUT2D eigenvalue weighted by molar-refractivity contribution is -0.117. The van der Waals surface area contributed by atoms with Crippen molar-refractivity contribution < 1.29 is 15.0 Å². The molecule has 0 aromatic heterocycles.